The summed E-state index contributed by atoms with van der Waals surface area (Å²) in [6, 6.07) is 6.21. The molecule has 0 spiro atoms. The molecule has 2 atom stereocenters. The van der Waals surface area contributed by atoms with Crippen molar-refractivity contribution in [3.63, 3.8) is 0 Å². The van der Waals surface area contributed by atoms with Crippen molar-refractivity contribution in [2.24, 2.45) is 0 Å². The number of hydrogen-bond donors (Lipinski definition) is 1. The van der Waals surface area contributed by atoms with Gasteiger partial charge in [-0.2, -0.15) is 0 Å². The number of rotatable bonds is 2. The van der Waals surface area contributed by atoms with E-state index in [1.807, 2.05) is 19.1 Å². The van der Waals surface area contributed by atoms with E-state index in [0.29, 0.717) is 13.0 Å². The van der Waals surface area contributed by atoms with Crippen LogP contribution in [0.2, 0.25) is 0 Å². The normalized spacial score (nSPS) is 31.2. The molecule has 2 unspecified atom stereocenters. The maximum atomic E-state index is 11.8. The van der Waals surface area contributed by atoms with E-state index in [0.717, 1.165) is 28.6 Å². The summed E-state index contributed by atoms with van der Waals surface area (Å²) < 4.78 is 30.4. The number of benzene rings is 1. The summed E-state index contributed by atoms with van der Waals surface area (Å²) in [4.78, 5) is 0. The van der Waals surface area contributed by atoms with E-state index in [9.17, 15) is 8.42 Å². The van der Waals surface area contributed by atoms with Crippen LogP contribution in [0.3, 0.4) is 0 Å². The largest absolute Gasteiger partial charge is 0.493 e. The molecule has 6 heteroatoms. The number of halogens is 1. The molecule has 0 radical (unpaired) electrons. The van der Waals surface area contributed by atoms with Crippen LogP contribution in [-0.4, -0.2) is 32.1 Å². The standard InChI is InChI=1S/C15H20BrNO3S/c1-15(6-8-21(18,19)10-15)17-13-3-2-7-20-14-9-11(16)4-5-12(13)14/h4-5,9,13,17H,2-3,6-8,10H2,1H3. The van der Waals surface area contributed by atoms with Crippen molar-refractivity contribution in [1.29, 1.82) is 0 Å². The lowest BCUT2D eigenvalue weighted by molar-refractivity contribution is 0.307. The molecule has 0 aromatic heterocycles. The lowest BCUT2D eigenvalue weighted by Gasteiger charge is -2.30. The Balaban J connectivity index is 1.86. The minimum absolute atomic E-state index is 0.147. The van der Waals surface area contributed by atoms with E-state index in [1.165, 1.54) is 0 Å². The van der Waals surface area contributed by atoms with Gasteiger partial charge in [-0.1, -0.05) is 22.0 Å². The molecular formula is C15H20BrNO3S. The molecule has 0 amide bonds. The van der Waals surface area contributed by atoms with Crippen molar-refractivity contribution in [2.75, 3.05) is 18.1 Å². The van der Waals surface area contributed by atoms with Gasteiger partial charge in [-0.15, -0.1) is 0 Å². The molecule has 1 aromatic rings. The Kier molecular flexibility index (Phi) is 4.05. The Bertz CT molecular complexity index is 646. The van der Waals surface area contributed by atoms with Crippen LogP contribution < -0.4 is 10.1 Å². The van der Waals surface area contributed by atoms with Crippen LogP contribution >= 0.6 is 15.9 Å². The molecule has 4 nitrogen and oxygen atoms in total. The SMILES string of the molecule is CC1(NC2CCCOc3cc(Br)ccc32)CCS(=O)(=O)C1. The molecule has 2 heterocycles. The van der Waals surface area contributed by atoms with Crippen LogP contribution in [0, 0.1) is 0 Å². The Morgan fingerprint density at radius 2 is 2.24 bits per heavy atom. The second kappa shape index (κ2) is 5.56. The molecule has 2 aliphatic heterocycles. The predicted molar refractivity (Wildman–Crippen MR) is 86.4 cm³/mol. The van der Waals surface area contributed by atoms with Crippen LogP contribution in [-0.2, 0) is 9.84 Å². The molecule has 116 valence electrons. The molecule has 1 fully saturated rings. The Morgan fingerprint density at radius 1 is 1.43 bits per heavy atom. The number of hydrogen-bond acceptors (Lipinski definition) is 4. The van der Waals surface area contributed by atoms with Gasteiger partial charge in [0.25, 0.3) is 0 Å². The summed E-state index contributed by atoms with van der Waals surface area (Å²) in [5, 5.41) is 3.59. The average Bonchev–Trinajstić information content (AvgIpc) is 2.57. The molecule has 0 aliphatic carbocycles. The van der Waals surface area contributed by atoms with E-state index < -0.39 is 9.84 Å². The monoisotopic (exact) mass is 373 g/mol. The summed E-state index contributed by atoms with van der Waals surface area (Å²) in [6.45, 7) is 2.72. The average molecular weight is 374 g/mol. The topological polar surface area (TPSA) is 55.4 Å². The fraction of sp³-hybridized carbons (Fsp3) is 0.600. The van der Waals surface area contributed by atoms with Gasteiger partial charge in [0, 0.05) is 21.6 Å². The van der Waals surface area contributed by atoms with Crippen LogP contribution in [0.15, 0.2) is 22.7 Å². The van der Waals surface area contributed by atoms with Crippen LogP contribution in [0.4, 0.5) is 0 Å². The molecule has 21 heavy (non-hydrogen) atoms. The highest BCUT2D eigenvalue weighted by Crippen LogP contribution is 2.36. The second-order valence-corrected chi connectivity index (χ2v) is 9.37. The van der Waals surface area contributed by atoms with Crippen molar-refractivity contribution in [3.05, 3.63) is 28.2 Å². The fourth-order valence-corrected chi connectivity index (χ4v) is 5.69. The van der Waals surface area contributed by atoms with Gasteiger partial charge < -0.3 is 10.1 Å². The van der Waals surface area contributed by atoms with Gasteiger partial charge in [0.15, 0.2) is 9.84 Å². The molecule has 1 saturated heterocycles. The van der Waals surface area contributed by atoms with Gasteiger partial charge in [0.2, 0.25) is 0 Å². The van der Waals surface area contributed by atoms with E-state index in [2.05, 4.69) is 27.3 Å². The van der Waals surface area contributed by atoms with E-state index >= 15 is 0 Å². The van der Waals surface area contributed by atoms with Crippen LogP contribution in [0.1, 0.15) is 37.8 Å². The third-order valence-electron chi connectivity index (χ3n) is 4.27. The zero-order valence-electron chi connectivity index (χ0n) is 12.1. The lowest BCUT2D eigenvalue weighted by atomic mass is 9.95. The Labute approximate surface area is 134 Å². The van der Waals surface area contributed by atoms with Crippen molar-refractivity contribution in [2.45, 2.75) is 37.8 Å². The summed E-state index contributed by atoms with van der Waals surface area (Å²) in [5.74, 6) is 1.40. The molecule has 2 aliphatic rings. The summed E-state index contributed by atoms with van der Waals surface area (Å²) in [7, 11) is -2.90. The van der Waals surface area contributed by atoms with Crippen LogP contribution in [0.5, 0.6) is 5.75 Å². The molecular weight excluding hydrogens is 354 g/mol. The lowest BCUT2D eigenvalue weighted by Crippen LogP contribution is -2.45. The van der Waals surface area contributed by atoms with E-state index in [1.54, 1.807) is 0 Å². The second-order valence-electron chi connectivity index (χ2n) is 6.27. The third-order valence-corrected chi connectivity index (χ3v) is 6.67. The third kappa shape index (κ3) is 3.43. The highest BCUT2D eigenvalue weighted by Gasteiger charge is 2.40. The minimum atomic E-state index is -2.90. The van der Waals surface area contributed by atoms with Gasteiger partial charge in [0.1, 0.15) is 5.75 Å². The van der Waals surface area contributed by atoms with Gasteiger partial charge in [0.05, 0.1) is 18.1 Å². The summed E-state index contributed by atoms with van der Waals surface area (Å²) in [5.41, 5.74) is 0.791. The smallest absolute Gasteiger partial charge is 0.152 e. The van der Waals surface area contributed by atoms with Crippen LogP contribution in [0.25, 0.3) is 0 Å². The highest BCUT2D eigenvalue weighted by molar-refractivity contribution is 9.10. The van der Waals surface area contributed by atoms with Gasteiger partial charge in [-0.3, -0.25) is 0 Å². The van der Waals surface area contributed by atoms with Gasteiger partial charge >= 0.3 is 0 Å². The number of nitrogens with one attached hydrogen (secondary N) is 1. The molecule has 3 rings (SSSR count). The summed E-state index contributed by atoms with van der Waals surface area (Å²) >= 11 is 3.47. The van der Waals surface area contributed by atoms with Gasteiger partial charge in [-0.25, -0.2) is 8.42 Å². The Morgan fingerprint density at radius 3 is 2.95 bits per heavy atom. The minimum Gasteiger partial charge on any atom is -0.493 e. The van der Waals surface area contributed by atoms with Crippen molar-refractivity contribution < 1.29 is 13.2 Å². The predicted octanol–water partition coefficient (Wildman–Crippen LogP) is 2.83. The molecule has 0 saturated carbocycles. The zero-order valence-corrected chi connectivity index (χ0v) is 14.5. The first kappa shape index (κ1) is 15.3. The number of sulfone groups is 1. The Hall–Kier alpha value is -0.590. The number of ether oxygens (including phenoxy) is 1. The van der Waals surface area contributed by atoms with Crippen molar-refractivity contribution >= 4 is 25.8 Å². The maximum absolute atomic E-state index is 11.8. The molecule has 1 N–H and O–H groups in total. The summed E-state index contributed by atoms with van der Waals surface area (Å²) in [6.07, 6.45) is 2.61. The maximum Gasteiger partial charge on any atom is 0.152 e. The van der Waals surface area contributed by atoms with E-state index in [4.69, 9.17) is 4.74 Å². The first-order chi connectivity index (χ1) is 9.87. The molecule has 0 bridgehead atoms. The van der Waals surface area contributed by atoms with Crippen molar-refractivity contribution in [3.8, 4) is 5.75 Å². The first-order valence-electron chi connectivity index (χ1n) is 7.27. The first-order valence-corrected chi connectivity index (χ1v) is 9.89. The molecule has 1 aromatic carbocycles. The highest BCUT2D eigenvalue weighted by atomic mass is 79.9. The quantitative estimate of drug-likeness (QED) is 0.865. The number of fused-ring (bicyclic) bond motifs is 1. The van der Waals surface area contributed by atoms with E-state index in [-0.39, 0.29) is 23.1 Å². The van der Waals surface area contributed by atoms with Gasteiger partial charge in [-0.05, 0) is 38.3 Å². The van der Waals surface area contributed by atoms with Crippen molar-refractivity contribution in [1.82, 2.24) is 5.32 Å². The zero-order chi connectivity index (χ0) is 15.1. The fourth-order valence-electron chi connectivity index (χ4n) is 3.24.